The van der Waals surface area contributed by atoms with Crippen LogP contribution in [-0.4, -0.2) is 23.4 Å². The van der Waals surface area contributed by atoms with Crippen LogP contribution < -0.4 is 5.73 Å². The number of carbonyl (C=O) groups is 1. The van der Waals surface area contributed by atoms with Gasteiger partial charge in [0, 0.05) is 24.7 Å². The monoisotopic (exact) mass is 243 g/mol. The molecule has 1 saturated carbocycles. The van der Waals surface area contributed by atoms with Gasteiger partial charge in [-0.1, -0.05) is 12.1 Å². The van der Waals surface area contributed by atoms with Crippen molar-refractivity contribution in [1.29, 1.82) is 5.26 Å². The normalized spacial score (nSPS) is 14.0. The number of nitriles is 1. The maximum atomic E-state index is 12.3. The average molecular weight is 243 g/mol. The van der Waals surface area contributed by atoms with Crippen LogP contribution in [0.4, 0.5) is 0 Å². The molecule has 2 N–H and O–H groups in total. The van der Waals surface area contributed by atoms with Gasteiger partial charge in [0.05, 0.1) is 12.5 Å². The predicted octanol–water partition coefficient (Wildman–Crippen LogP) is 1.66. The summed E-state index contributed by atoms with van der Waals surface area (Å²) in [6.07, 6.45) is 2.50. The minimum atomic E-state index is 0.0244. The maximum Gasteiger partial charge on any atom is 0.254 e. The molecule has 1 amide bonds. The molecule has 0 saturated heterocycles. The Bertz CT molecular complexity index is 457. The summed E-state index contributed by atoms with van der Waals surface area (Å²) in [7, 11) is 0. The summed E-state index contributed by atoms with van der Waals surface area (Å²) in [6.45, 7) is 1.01. The van der Waals surface area contributed by atoms with Gasteiger partial charge in [-0.25, -0.2) is 0 Å². The lowest BCUT2D eigenvalue weighted by Crippen LogP contribution is -2.33. The van der Waals surface area contributed by atoms with Crippen molar-refractivity contribution >= 4 is 5.91 Å². The highest BCUT2D eigenvalue weighted by molar-refractivity contribution is 5.94. The molecule has 4 nitrogen and oxygen atoms in total. The quantitative estimate of drug-likeness (QED) is 0.855. The predicted molar refractivity (Wildman–Crippen MR) is 68.6 cm³/mol. The molecule has 1 aromatic carbocycles. The molecule has 0 atom stereocenters. The van der Waals surface area contributed by atoms with Crippen LogP contribution in [0, 0.1) is 11.3 Å². The van der Waals surface area contributed by atoms with E-state index in [1.807, 2.05) is 29.2 Å². The topological polar surface area (TPSA) is 70.1 Å². The number of carbonyl (C=O) groups excluding carboxylic acids is 1. The number of hydrogen-bond acceptors (Lipinski definition) is 3. The van der Waals surface area contributed by atoms with Gasteiger partial charge in [-0.3, -0.25) is 4.79 Å². The summed E-state index contributed by atoms with van der Waals surface area (Å²) < 4.78 is 0. The van der Waals surface area contributed by atoms with E-state index in [0.29, 0.717) is 31.1 Å². The third-order valence-electron chi connectivity index (χ3n) is 3.15. The smallest absolute Gasteiger partial charge is 0.254 e. The number of nitrogens with two attached hydrogens (primary N) is 1. The zero-order valence-corrected chi connectivity index (χ0v) is 10.3. The minimum absolute atomic E-state index is 0.0244. The van der Waals surface area contributed by atoms with E-state index in [1.165, 1.54) is 0 Å². The van der Waals surface area contributed by atoms with Gasteiger partial charge in [-0.05, 0) is 30.5 Å². The van der Waals surface area contributed by atoms with E-state index < -0.39 is 0 Å². The van der Waals surface area contributed by atoms with Gasteiger partial charge >= 0.3 is 0 Å². The molecule has 0 aliphatic heterocycles. The molecule has 1 fully saturated rings. The fourth-order valence-corrected chi connectivity index (χ4v) is 1.96. The second kappa shape index (κ2) is 5.65. The molecule has 1 aliphatic carbocycles. The first-order chi connectivity index (χ1) is 8.76. The van der Waals surface area contributed by atoms with E-state index >= 15 is 0 Å². The number of rotatable bonds is 5. The van der Waals surface area contributed by atoms with Crippen LogP contribution in [0.3, 0.4) is 0 Å². The van der Waals surface area contributed by atoms with E-state index in [-0.39, 0.29) is 5.91 Å². The number of amides is 1. The fraction of sp³-hybridized carbons (Fsp3) is 0.429. The molecule has 0 radical (unpaired) electrons. The molecule has 4 heteroatoms. The van der Waals surface area contributed by atoms with Crippen molar-refractivity contribution in [1.82, 2.24) is 4.90 Å². The van der Waals surface area contributed by atoms with Crippen molar-refractivity contribution in [3.8, 4) is 6.07 Å². The highest BCUT2D eigenvalue weighted by Gasteiger charge is 2.32. The van der Waals surface area contributed by atoms with Crippen LogP contribution in [0.25, 0.3) is 0 Å². The average Bonchev–Trinajstić information content (AvgIpc) is 3.24. The Morgan fingerprint density at radius 3 is 2.56 bits per heavy atom. The van der Waals surface area contributed by atoms with E-state index in [0.717, 1.165) is 18.4 Å². The SMILES string of the molecule is N#CCCN(C(=O)c1ccc(CN)cc1)C1CC1. The lowest BCUT2D eigenvalue weighted by molar-refractivity contribution is 0.0747. The van der Waals surface area contributed by atoms with Crippen molar-refractivity contribution in [2.75, 3.05) is 6.54 Å². The fourth-order valence-electron chi connectivity index (χ4n) is 1.96. The molecule has 1 aromatic rings. The van der Waals surface area contributed by atoms with Crippen molar-refractivity contribution < 1.29 is 4.79 Å². The van der Waals surface area contributed by atoms with Crippen molar-refractivity contribution in [3.63, 3.8) is 0 Å². The van der Waals surface area contributed by atoms with Gasteiger partial charge in [-0.15, -0.1) is 0 Å². The molecule has 1 aliphatic rings. The van der Waals surface area contributed by atoms with Gasteiger partial charge in [0.2, 0.25) is 0 Å². The highest BCUT2D eigenvalue weighted by Crippen LogP contribution is 2.28. The molecule has 0 heterocycles. The Balaban J connectivity index is 2.09. The zero-order valence-electron chi connectivity index (χ0n) is 10.3. The largest absolute Gasteiger partial charge is 0.335 e. The summed E-state index contributed by atoms with van der Waals surface area (Å²) in [6, 6.07) is 9.81. The van der Waals surface area contributed by atoms with Crippen molar-refractivity contribution in [2.24, 2.45) is 5.73 Å². The second-order valence-corrected chi connectivity index (χ2v) is 4.54. The Morgan fingerprint density at radius 2 is 2.06 bits per heavy atom. The Hall–Kier alpha value is -1.86. The third kappa shape index (κ3) is 2.88. The Kier molecular flexibility index (Phi) is 3.96. The minimum Gasteiger partial charge on any atom is -0.335 e. The lowest BCUT2D eigenvalue weighted by atomic mass is 10.1. The van der Waals surface area contributed by atoms with Gasteiger partial charge in [-0.2, -0.15) is 5.26 Å². The first-order valence-corrected chi connectivity index (χ1v) is 6.23. The summed E-state index contributed by atoms with van der Waals surface area (Å²) in [5.41, 5.74) is 7.22. The molecule has 2 rings (SSSR count). The summed E-state index contributed by atoms with van der Waals surface area (Å²) in [4.78, 5) is 14.1. The van der Waals surface area contributed by atoms with E-state index in [9.17, 15) is 4.79 Å². The molecule has 18 heavy (non-hydrogen) atoms. The van der Waals surface area contributed by atoms with Crippen molar-refractivity contribution in [3.05, 3.63) is 35.4 Å². The van der Waals surface area contributed by atoms with Crippen LogP contribution >= 0.6 is 0 Å². The van der Waals surface area contributed by atoms with Gasteiger partial charge in [0.15, 0.2) is 0 Å². The van der Waals surface area contributed by atoms with Crippen LogP contribution in [0.2, 0.25) is 0 Å². The van der Waals surface area contributed by atoms with E-state index in [1.54, 1.807) is 0 Å². The van der Waals surface area contributed by atoms with Crippen LogP contribution in [0.15, 0.2) is 24.3 Å². The molecule has 0 bridgehead atoms. The molecule has 94 valence electrons. The Labute approximate surface area is 107 Å². The standard InChI is InChI=1S/C14H17N3O/c15-8-1-9-17(13-6-7-13)14(18)12-4-2-11(10-16)3-5-12/h2-5,13H,1,6-7,9-10,16H2. The zero-order chi connectivity index (χ0) is 13.0. The summed E-state index contributed by atoms with van der Waals surface area (Å²) >= 11 is 0. The number of hydrogen-bond donors (Lipinski definition) is 1. The van der Waals surface area contributed by atoms with Crippen molar-refractivity contribution in [2.45, 2.75) is 31.8 Å². The molecule has 0 spiro atoms. The van der Waals surface area contributed by atoms with Gasteiger partial charge in [0.25, 0.3) is 5.91 Å². The first kappa shape index (κ1) is 12.6. The Morgan fingerprint density at radius 1 is 1.39 bits per heavy atom. The lowest BCUT2D eigenvalue weighted by Gasteiger charge is -2.21. The van der Waals surface area contributed by atoms with Gasteiger partial charge in [0.1, 0.15) is 0 Å². The van der Waals surface area contributed by atoms with Crippen LogP contribution in [-0.2, 0) is 6.54 Å². The highest BCUT2D eigenvalue weighted by atomic mass is 16.2. The third-order valence-corrected chi connectivity index (χ3v) is 3.15. The van der Waals surface area contributed by atoms with Crippen LogP contribution in [0.5, 0.6) is 0 Å². The van der Waals surface area contributed by atoms with Gasteiger partial charge < -0.3 is 10.6 Å². The first-order valence-electron chi connectivity index (χ1n) is 6.23. The van der Waals surface area contributed by atoms with E-state index in [4.69, 9.17) is 11.0 Å². The molecule has 0 unspecified atom stereocenters. The molecule has 0 aromatic heterocycles. The number of benzene rings is 1. The second-order valence-electron chi connectivity index (χ2n) is 4.54. The van der Waals surface area contributed by atoms with Crippen LogP contribution in [0.1, 0.15) is 35.2 Å². The number of nitrogens with zero attached hydrogens (tertiary/aromatic N) is 2. The summed E-state index contributed by atoms with van der Waals surface area (Å²) in [5, 5.41) is 8.64. The summed E-state index contributed by atoms with van der Waals surface area (Å²) in [5.74, 6) is 0.0244. The maximum absolute atomic E-state index is 12.3. The molecular weight excluding hydrogens is 226 g/mol. The van der Waals surface area contributed by atoms with E-state index in [2.05, 4.69) is 6.07 Å². The molecular formula is C14H17N3O.